The highest BCUT2D eigenvalue weighted by Gasteiger charge is 2.06. The third-order valence-corrected chi connectivity index (χ3v) is 2.88. The third-order valence-electron chi connectivity index (χ3n) is 1.36. The molecule has 0 bridgehead atoms. The Bertz CT molecular complexity index is 400. The monoisotopic (exact) mass is 379 g/mol. The molecule has 72 valence electrons. The molecule has 0 spiro atoms. The van der Waals surface area contributed by atoms with Crippen LogP contribution in [-0.2, 0) is 4.79 Å². The van der Waals surface area contributed by atoms with Gasteiger partial charge in [0.25, 0.3) is 0 Å². The van der Waals surface area contributed by atoms with E-state index in [9.17, 15) is 4.79 Å². The van der Waals surface area contributed by atoms with Gasteiger partial charge >= 0.3 is 5.91 Å². The maximum atomic E-state index is 11.2. The molecule has 0 aliphatic carbocycles. The van der Waals surface area contributed by atoms with Gasteiger partial charge in [0.1, 0.15) is 0 Å². The number of carbonyl (C=O) groups is 1. The highest BCUT2D eigenvalue weighted by molar-refractivity contribution is 9.12. The summed E-state index contributed by atoms with van der Waals surface area (Å²) in [5, 5.41) is 2.64. The fourth-order valence-corrected chi connectivity index (χ4v) is 2.18. The minimum atomic E-state index is -0.366. The molecule has 1 aromatic carbocycles. The molecular formula is C9H4Br3NO. The number of hydrogen-bond acceptors (Lipinski definition) is 1. The van der Waals surface area contributed by atoms with Gasteiger partial charge in [-0.1, -0.05) is 6.07 Å². The standard InChI is InChI=1S/C9H4Br3NO/c10-5-4-8(14)13-9-6(11)2-1-3-7(9)12/h1-3H,(H,13,14). The van der Waals surface area contributed by atoms with E-state index in [0.29, 0.717) is 5.69 Å². The van der Waals surface area contributed by atoms with Crippen LogP contribution in [0.4, 0.5) is 5.69 Å². The zero-order chi connectivity index (χ0) is 10.6. The predicted octanol–water partition coefficient (Wildman–Crippen LogP) is 3.51. The molecule has 1 amide bonds. The Labute approximate surface area is 107 Å². The molecule has 1 N–H and O–H groups in total. The van der Waals surface area contributed by atoms with Crippen molar-refractivity contribution in [2.75, 3.05) is 5.32 Å². The summed E-state index contributed by atoms with van der Waals surface area (Å²) in [5.41, 5.74) is 0.674. The lowest BCUT2D eigenvalue weighted by molar-refractivity contribution is -0.111. The average molecular weight is 382 g/mol. The van der Waals surface area contributed by atoms with Gasteiger partial charge in [-0.05, 0) is 48.8 Å². The van der Waals surface area contributed by atoms with Gasteiger partial charge in [-0.25, -0.2) is 0 Å². The van der Waals surface area contributed by atoms with Crippen LogP contribution >= 0.6 is 47.8 Å². The molecular weight excluding hydrogens is 378 g/mol. The lowest BCUT2D eigenvalue weighted by Gasteiger charge is -2.05. The normalized spacial score (nSPS) is 8.79. The van der Waals surface area contributed by atoms with Crippen LogP contribution in [0.15, 0.2) is 27.1 Å². The van der Waals surface area contributed by atoms with Crippen molar-refractivity contribution < 1.29 is 4.79 Å². The van der Waals surface area contributed by atoms with Crippen molar-refractivity contribution in [2.24, 2.45) is 0 Å². The second-order valence-corrected chi connectivity index (χ2v) is 4.38. The molecule has 0 saturated heterocycles. The lowest BCUT2D eigenvalue weighted by atomic mass is 10.3. The molecule has 1 rings (SSSR count). The number of carbonyl (C=O) groups excluding carboxylic acids is 1. The van der Waals surface area contributed by atoms with Crippen LogP contribution < -0.4 is 5.32 Å². The zero-order valence-corrected chi connectivity index (χ0v) is 11.5. The van der Waals surface area contributed by atoms with E-state index in [0.717, 1.165) is 8.95 Å². The van der Waals surface area contributed by atoms with E-state index in [2.05, 4.69) is 63.9 Å². The minimum Gasteiger partial charge on any atom is -0.313 e. The van der Waals surface area contributed by atoms with E-state index >= 15 is 0 Å². The van der Waals surface area contributed by atoms with E-state index in [4.69, 9.17) is 0 Å². The van der Waals surface area contributed by atoms with Gasteiger partial charge in [0.2, 0.25) is 0 Å². The summed E-state index contributed by atoms with van der Waals surface area (Å²) in [7, 11) is 0. The Morgan fingerprint density at radius 3 is 2.36 bits per heavy atom. The van der Waals surface area contributed by atoms with E-state index < -0.39 is 0 Å². The van der Waals surface area contributed by atoms with Crippen molar-refractivity contribution in [2.45, 2.75) is 0 Å². The number of amides is 1. The topological polar surface area (TPSA) is 29.1 Å². The molecule has 0 atom stereocenters. The Morgan fingerprint density at radius 1 is 1.29 bits per heavy atom. The summed E-state index contributed by atoms with van der Waals surface area (Å²) in [6, 6.07) is 5.53. The summed E-state index contributed by atoms with van der Waals surface area (Å²) in [4.78, 5) is 13.5. The van der Waals surface area contributed by atoms with Gasteiger partial charge in [-0.3, -0.25) is 4.79 Å². The molecule has 0 aliphatic rings. The number of hydrogen-bond donors (Lipinski definition) is 1. The van der Waals surface area contributed by atoms with Gasteiger partial charge in [-0.15, -0.1) is 0 Å². The molecule has 2 nitrogen and oxygen atoms in total. The van der Waals surface area contributed by atoms with Crippen molar-refractivity contribution in [1.29, 1.82) is 0 Å². The first-order chi connectivity index (χ1) is 6.65. The molecule has 0 unspecified atom stereocenters. The van der Waals surface area contributed by atoms with Crippen LogP contribution in [0.25, 0.3) is 0 Å². The number of para-hydroxylation sites is 1. The number of benzene rings is 1. The molecule has 0 aromatic heterocycles. The molecule has 0 radical (unpaired) electrons. The first-order valence-corrected chi connectivity index (χ1v) is 5.89. The molecule has 5 heteroatoms. The van der Waals surface area contributed by atoms with Gasteiger partial charge < -0.3 is 5.32 Å². The van der Waals surface area contributed by atoms with Crippen LogP contribution in [0.1, 0.15) is 0 Å². The van der Waals surface area contributed by atoms with Crippen LogP contribution in [0.5, 0.6) is 0 Å². The lowest BCUT2D eigenvalue weighted by Crippen LogP contribution is -2.09. The zero-order valence-electron chi connectivity index (χ0n) is 6.77. The van der Waals surface area contributed by atoms with Crippen molar-refractivity contribution in [3.63, 3.8) is 0 Å². The largest absolute Gasteiger partial charge is 0.313 e. The maximum absolute atomic E-state index is 11.2. The third kappa shape index (κ3) is 3.12. The van der Waals surface area contributed by atoms with Crippen molar-refractivity contribution in [3.05, 3.63) is 27.1 Å². The smallest absolute Gasteiger partial charge is 0.301 e. The summed E-state index contributed by atoms with van der Waals surface area (Å²) in [6.07, 6.45) is 0. The molecule has 0 aliphatic heterocycles. The first-order valence-electron chi connectivity index (χ1n) is 3.52. The molecule has 0 heterocycles. The van der Waals surface area contributed by atoms with Gasteiger partial charge in [-0.2, -0.15) is 0 Å². The summed E-state index contributed by atoms with van der Waals surface area (Å²) >= 11 is 9.50. The second-order valence-electron chi connectivity index (χ2n) is 2.27. The Balaban J connectivity index is 2.95. The highest BCUT2D eigenvalue weighted by Crippen LogP contribution is 2.30. The summed E-state index contributed by atoms with van der Waals surface area (Å²) < 4.78 is 1.60. The van der Waals surface area contributed by atoms with Crippen molar-refractivity contribution >= 4 is 59.4 Å². The fraction of sp³-hybridized carbons (Fsp3) is 0. The quantitative estimate of drug-likeness (QED) is 0.741. The van der Waals surface area contributed by atoms with E-state index in [1.807, 2.05) is 18.2 Å². The summed E-state index contributed by atoms with van der Waals surface area (Å²) in [6.45, 7) is 0. The summed E-state index contributed by atoms with van der Waals surface area (Å²) in [5.74, 6) is 1.96. The van der Waals surface area contributed by atoms with Gasteiger partial charge in [0.15, 0.2) is 0 Å². The fourth-order valence-electron chi connectivity index (χ4n) is 0.805. The van der Waals surface area contributed by atoms with Crippen LogP contribution in [0.2, 0.25) is 0 Å². The number of anilines is 1. The van der Waals surface area contributed by atoms with Gasteiger partial charge in [0.05, 0.1) is 5.69 Å². The molecule has 0 fully saturated rings. The Morgan fingerprint density at radius 2 is 1.86 bits per heavy atom. The highest BCUT2D eigenvalue weighted by atomic mass is 79.9. The Hall–Kier alpha value is -0.310. The van der Waals surface area contributed by atoms with Gasteiger partial charge in [0, 0.05) is 30.8 Å². The first kappa shape index (κ1) is 11.8. The number of nitrogens with one attached hydrogen (secondary N) is 1. The Kier molecular flexibility index (Phi) is 4.66. The SMILES string of the molecule is O=C(C#CBr)Nc1c(Br)cccc1Br. The van der Waals surface area contributed by atoms with E-state index in [1.54, 1.807) is 0 Å². The van der Waals surface area contributed by atoms with Crippen LogP contribution in [-0.4, -0.2) is 5.91 Å². The molecule has 0 saturated carbocycles. The maximum Gasteiger partial charge on any atom is 0.301 e. The van der Waals surface area contributed by atoms with Crippen molar-refractivity contribution in [3.8, 4) is 10.8 Å². The predicted molar refractivity (Wildman–Crippen MR) is 67.2 cm³/mol. The minimum absolute atomic E-state index is 0.366. The van der Waals surface area contributed by atoms with E-state index in [-0.39, 0.29) is 5.91 Å². The van der Waals surface area contributed by atoms with Crippen LogP contribution in [0.3, 0.4) is 0 Å². The average Bonchev–Trinajstić information content (AvgIpc) is 2.12. The van der Waals surface area contributed by atoms with Crippen molar-refractivity contribution in [1.82, 2.24) is 0 Å². The molecule has 14 heavy (non-hydrogen) atoms. The van der Waals surface area contributed by atoms with E-state index in [1.165, 1.54) is 0 Å². The number of rotatable bonds is 1. The molecule has 1 aromatic rings. The number of halogens is 3. The van der Waals surface area contributed by atoms with Crippen LogP contribution in [0, 0.1) is 10.8 Å². The second kappa shape index (κ2) is 5.54.